The average molecular weight is 382 g/mol. The number of aromatic nitrogens is 2. The summed E-state index contributed by atoms with van der Waals surface area (Å²) in [7, 11) is 0. The molecule has 0 radical (unpaired) electrons. The Hall–Kier alpha value is -3.35. The van der Waals surface area contributed by atoms with Crippen LogP contribution in [0.2, 0.25) is 0 Å². The van der Waals surface area contributed by atoms with Gasteiger partial charge in [0.2, 0.25) is 0 Å². The quantitative estimate of drug-likeness (QED) is 0.678. The van der Waals surface area contributed by atoms with Gasteiger partial charge >= 0.3 is 0 Å². The molecule has 2 aromatic carbocycles. The van der Waals surface area contributed by atoms with Crippen molar-refractivity contribution in [3.8, 4) is 28.5 Å². The van der Waals surface area contributed by atoms with E-state index in [1.54, 1.807) is 18.2 Å². The maximum absolute atomic E-state index is 12.9. The number of halogens is 1. The molecule has 0 spiro atoms. The number of benzene rings is 2. The normalized spacial score (nSPS) is 13.0. The predicted octanol–water partition coefficient (Wildman–Crippen LogP) is 3.29. The molecule has 144 valence electrons. The summed E-state index contributed by atoms with van der Waals surface area (Å²) in [6.07, 6.45) is 0.835. The molecule has 3 aromatic rings. The molecule has 0 aliphatic carbocycles. The van der Waals surface area contributed by atoms with Crippen LogP contribution < -0.4 is 19.8 Å². The Bertz CT molecular complexity index is 1020. The maximum atomic E-state index is 12.9. The highest BCUT2D eigenvalue weighted by Crippen LogP contribution is 2.33. The summed E-state index contributed by atoms with van der Waals surface area (Å²) in [4.78, 5) is 12.1. The van der Waals surface area contributed by atoms with Gasteiger partial charge in [-0.05, 0) is 48.5 Å². The zero-order valence-corrected chi connectivity index (χ0v) is 15.1. The summed E-state index contributed by atoms with van der Waals surface area (Å²) in [6, 6.07) is 14.5. The molecule has 0 bridgehead atoms. The summed E-state index contributed by atoms with van der Waals surface area (Å²) in [5, 5.41) is 4.43. The Morgan fingerprint density at radius 2 is 1.79 bits per heavy atom. The third-order valence-electron chi connectivity index (χ3n) is 4.30. The molecule has 2 heterocycles. The summed E-state index contributed by atoms with van der Waals surface area (Å²) >= 11 is 0. The number of fused-ring (bicyclic) bond motifs is 1. The maximum Gasteiger partial charge on any atom is 0.266 e. The van der Waals surface area contributed by atoms with Crippen molar-refractivity contribution in [2.24, 2.45) is 0 Å². The van der Waals surface area contributed by atoms with E-state index in [1.807, 2.05) is 18.2 Å². The van der Waals surface area contributed by atoms with E-state index < -0.39 is 0 Å². The van der Waals surface area contributed by atoms with Crippen molar-refractivity contribution < 1.29 is 18.6 Å². The van der Waals surface area contributed by atoms with Gasteiger partial charge in [-0.1, -0.05) is 0 Å². The lowest BCUT2D eigenvalue weighted by Gasteiger charge is -2.11. The van der Waals surface area contributed by atoms with Gasteiger partial charge in [-0.25, -0.2) is 9.07 Å². The highest BCUT2D eigenvalue weighted by molar-refractivity contribution is 5.63. The Morgan fingerprint density at radius 1 is 1.00 bits per heavy atom. The van der Waals surface area contributed by atoms with Crippen molar-refractivity contribution in [3.05, 3.63) is 70.8 Å². The van der Waals surface area contributed by atoms with Gasteiger partial charge < -0.3 is 14.2 Å². The van der Waals surface area contributed by atoms with Gasteiger partial charge in [-0.3, -0.25) is 4.79 Å². The minimum absolute atomic E-state index is 0.221. The van der Waals surface area contributed by atoms with Gasteiger partial charge in [-0.2, -0.15) is 5.10 Å². The van der Waals surface area contributed by atoms with Crippen LogP contribution >= 0.6 is 0 Å². The van der Waals surface area contributed by atoms with Crippen molar-refractivity contribution in [2.45, 2.75) is 13.0 Å². The van der Waals surface area contributed by atoms with Crippen LogP contribution in [0.25, 0.3) is 11.3 Å². The van der Waals surface area contributed by atoms with Crippen LogP contribution in [0.15, 0.2) is 59.4 Å². The fourth-order valence-corrected chi connectivity index (χ4v) is 2.87. The Labute approximate surface area is 161 Å². The number of hydrogen-bond acceptors (Lipinski definition) is 5. The lowest BCUT2D eigenvalue weighted by atomic mass is 10.1. The summed E-state index contributed by atoms with van der Waals surface area (Å²) in [6.45, 7) is 1.74. The van der Waals surface area contributed by atoms with Crippen LogP contribution in [-0.2, 0) is 6.54 Å². The Kier molecular flexibility index (Phi) is 5.23. The highest BCUT2D eigenvalue weighted by Gasteiger charge is 2.12. The predicted molar refractivity (Wildman–Crippen MR) is 101 cm³/mol. The summed E-state index contributed by atoms with van der Waals surface area (Å²) < 4.78 is 31.2. The highest BCUT2D eigenvalue weighted by atomic mass is 19.1. The van der Waals surface area contributed by atoms with E-state index in [1.165, 1.54) is 22.9 Å². The fraction of sp³-hybridized carbons (Fsp3) is 0.238. The molecule has 0 atom stereocenters. The lowest BCUT2D eigenvalue weighted by Crippen LogP contribution is -2.25. The first-order valence-electron chi connectivity index (χ1n) is 9.06. The zero-order valence-electron chi connectivity index (χ0n) is 15.1. The average Bonchev–Trinajstić information content (AvgIpc) is 2.96. The topological polar surface area (TPSA) is 62.6 Å². The number of nitrogens with zero attached hydrogens (tertiary/aromatic N) is 2. The third kappa shape index (κ3) is 4.14. The van der Waals surface area contributed by atoms with E-state index in [0.717, 1.165) is 12.0 Å². The van der Waals surface area contributed by atoms with Crippen molar-refractivity contribution in [3.63, 3.8) is 0 Å². The molecule has 28 heavy (non-hydrogen) atoms. The lowest BCUT2D eigenvalue weighted by molar-refractivity contribution is 0.287. The minimum atomic E-state index is -0.326. The Morgan fingerprint density at radius 3 is 2.61 bits per heavy atom. The molecule has 0 fully saturated rings. The molecule has 6 nitrogen and oxygen atoms in total. The van der Waals surface area contributed by atoms with E-state index >= 15 is 0 Å². The van der Waals surface area contributed by atoms with Crippen molar-refractivity contribution in [1.82, 2.24) is 9.78 Å². The molecule has 1 aromatic heterocycles. The second-order valence-electron chi connectivity index (χ2n) is 6.29. The van der Waals surface area contributed by atoms with Crippen LogP contribution in [0.4, 0.5) is 4.39 Å². The van der Waals surface area contributed by atoms with Crippen LogP contribution in [-0.4, -0.2) is 29.6 Å². The van der Waals surface area contributed by atoms with E-state index in [9.17, 15) is 9.18 Å². The second kappa shape index (κ2) is 8.12. The number of ether oxygens (including phenoxy) is 3. The molecule has 4 rings (SSSR count). The first-order valence-corrected chi connectivity index (χ1v) is 9.06. The standard InChI is InChI=1S/C21H19FN2O4/c22-16-3-5-17(6-4-16)26-13-10-24-21(25)9-7-18(23-24)15-2-8-19-20(14-15)28-12-1-11-27-19/h2-9,14H,1,10-13H2. The largest absolute Gasteiger partial charge is 0.492 e. The van der Waals surface area contributed by atoms with Crippen molar-refractivity contribution in [1.29, 1.82) is 0 Å². The van der Waals surface area contributed by atoms with Gasteiger partial charge in [0.15, 0.2) is 11.5 Å². The smallest absolute Gasteiger partial charge is 0.266 e. The molecule has 7 heteroatoms. The molecule has 0 amide bonds. The summed E-state index contributed by atoms with van der Waals surface area (Å²) in [5.41, 5.74) is 1.26. The fourth-order valence-electron chi connectivity index (χ4n) is 2.87. The molecule has 0 saturated heterocycles. The first kappa shape index (κ1) is 18.0. The van der Waals surface area contributed by atoms with E-state index in [4.69, 9.17) is 14.2 Å². The zero-order chi connectivity index (χ0) is 19.3. The molecule has 1 aliphatic rings. The van der Waals surface area contributed by atoms with Crippen LogP contribution in [0.3, 0.4) is 0 Å². The second-order valence-corrected chi connectivity index (χ2v) is 6.29. The monoisotopic (exact) mass is 382 g/mol. The van der Waals surface area contributed by atoms with Crippen LogP contribution in [0.1, 0.15) is 6.42 Å². The van der Waals surface area contributed by atoms with Gasteiger partial charge in [0.1, 0.15) is 18.2 Å². The molecular weight excluding hydrogens is 363 g/mol. The van der Waals surface area contributed by atoms with Crippen molar-refractivity contribution in [2.75, 3.05) is 19.8 Å². The SMILES string of the molecule is O=c1ccc(-c2ccc3c(c2)OCCCO3)nn1CCOc1ccc(F)cc1. The van der Waals surface area contributed by atoms with Gasteiger partial charge in [-0.15, -0.1) is 0 Å². The molecule has 0 saturated carbocycles. The molecule has 0 N–H and O–H groups in total. The van der Waals surface area contributed by atoms with E-state index in [-0.39, 0.29) is 24.5 Å². The summed E-state index contributed by atoms with van der Waals surface area (Å²) in [5.74, 6) is 1.60. The molecular formula is C21H19FN2O4. The molecule has 0 unspecified atom stereocenters. The van der Waals surface area contributed by atoms with Crippen LogP contribution in [0.5, 0.6) is 17.2 Å². The van der Waals surface area contributed by atoms with Crippen molar-refractivity contribution >= 4 is 0 Å². The van der Waals surface area contributed by atoms with Gasteiger partial charge in [0.05, 0.1) is 25.5 Å². The van der Waals surface area contributed by atoms with Gasteiger partial charge in [0.25, 0.3) is 5.56 Å². The minimum Gasteiger partial charge on any atom is -0.492 e. The molecule has 1 aliphatic heterocycles. The Balaban J connectivity index is 1.50. The number of rotatable bonds is 5. The third-order valence-corrected chi connectivity index (χ3v) is 4.30. The van der Waals surface area contributed by atoms with E-state index in [0.29, 0.717) is 36.2 Å². The van der Waals surface area contributed by atoms with Gasteiger partial charge in [0, 0.05) is 18.1 Å². The first-order chi connectivity index (χ1) is 13.7. The van der Waals surface area contributed by atoms with E-state index in [2.05, 4.69) is 5.10 Å². The van der Waals surface area contributed by atoms with Crippen LogP contribution in [0, 0.1) is 5.82 Å². The number of hydrogen-bond donors (Lipinski definition) is 0.